The Morgan fingerprint density at radius 2 is 0.833 bits per heavy atom. The Balaban J connectivity index is 1.00. The van der Waals surface area contributed by atoms with E-state index in [0.29, 0.717) is 17.5 Å². The van der Waals surface area contributed by atoms with Gasteiger partial charge in [0.25, 0.3) is 0 Å². The zero-order valence-corrected chi connectivity index (χ0v) is 32.0. The molecule has 0 aliphatic carbocycles. The molecule has 0 saturated carbocycles. The molecule has 5 nitrogen and oxygen atoms in total. The molecular formula is C55H30N4O. The molecule has 14 rings (SSSR count). The zero-order valence-electron chi connectivity index (χ0n) is 32.0. The zero-order chi connectivity index (χ0) is 39.1. The van der Waals surface area contributed by atoms with E-state index in [9.17, 15) is 0 Å². The average molecular weight is 763 g/mol. The molecule has 0 aliphatic rings. The van der Waals surface area contributed by atoms with E-state index < -0.39 is 0 Å². The Hall–Kier alpha value is -8.15. The summed E-state index contributed by atoms with van der Waals surface area (Å²) in [4.78, 5) is 15.3. The van der Waals surface area contributed by atoms with Gasteiger partial charge in [-0.15, -0.1) is 0 Å². The van der Waals surface area contributed by atoms with Gasteiger partial charge in [-0.05, 0) is 109 Å². The molecule has 0 aliphatic heterocycles. The van der Waals surface area contributed by atoms with Gasteiger partial charge in [0, 0.05) is 49.3 Å². The summed E-state index contributed by atoms with van der Waals surface area (Å²) in [5.74, 6) is 1.85. The lowest BCUT2D eigenvalue weighted by Crippen LogP contribution is -2.00. The van der Waals surface area contributed by atoms with Crippen LogP contribution in [0.25, 0.3) is 137 Å². The van der Waals surface area contributed by atoms with E-state index in [4.69, 9.17) is 19.4 Å². The molecule has 5 heteroatoms. The predicted molar refractivity (Wildman–Crippen MR) is 248 cm³/mol. The van der Waals surface area contributed by atoms with Crippen molar-refractivity contribution in [3.05, 3.63) is 182 Å². The fourth-order valence-corrected chi connectivity index (χ4v) is 10.1. The highest BCUT2D eigenvalue weighted by atomic mass is 16.3. The number of rotatable bonds is 4. The van der Waals surface area contributed by atoms with Gasteiger partial charge < -0.3 is 8.98 Å². The minimum atomic E-state index is 0.611. The number of hydrogen-bond donors (Lipinski definition) is 0. The predicted octanol–water partition coefficient (Wildman–Crippen LogP) is 14.5. The SMILES string of the molecule is c1ccc(-c2nc(-c3ccc(-n4c5cccc6c7ccccc7c7ccc8c9ccccc9c9cc4c(c7c89)c65)cc3)nc(-c3ccc4oc5ccccc5c4c3)n2)cc1. The molecule has 11 aromatic carbocycles. The van der Waals surface area contributed by atoms with Gasteiger partial charge >= 0.3 is 0 Å². The first-order chi connectivity index (χ1) is 29.7. The van der Waals surface area contributed by atoms with Crippen molar-refractivity contribution in [1.29, 1.82) is 0 Å². The number of nitrogens with zero attached hydrogens (tertiary/aromatic N) is 4. The summed E-state index contributed by atoms with van der Waals surface area (Å²) in [6, 6.07) is 64.9. The van der Waals surface area contributed by atoms with Crippen LogP contribution in [0, 0.1) is 0 Å². The Labute approximate surface area is 342 Å². The highest BCUT2D eigenvalue weighted by Crippen LogP contribution is 2.50. The normalized spacial score (nSPS) is 12.3. The maximum absolute atomic E-state index is 6.15. The van der Waals surface area contributed by atoms with Gasteiger partial charge in [0.05, 0.1) is 11.0 Å². The number of fused-ring (bicyclic) bond motifs is 9. The number of benzene rings is 9. The minimum Gasteiger partial charge on any atom is -0.456 e. The molecule has 276 valence electrons. The minimum absolute atomic E-state index is 0.611. The van der Waals surface area contributed by atoms with Crippen molar-refractivity contribution in [3.63, 3.8) is 0 Å². The van der Waals surface area contributed by atoms with Crippen LogP contribution >= 0.6 is 0 Å². The van der Waals surface area contributed by atoms with E-state index in [1.54, 1.807) is 0 Å². The molecule has 3 aromatic heterocycles. The molecular weight excluding hydrogens is 733 g/mol. The smallest absolute Gasteiger partial charge is 0.164 e. The van der Waals surface area contributed by atoms with Crippen molar-refractivity contribution in [3.8, 4) is 39.9 Å². The van der Waals surface area contributed by atoms with Crippen LogP contribution in [0.3, 0.4) is 0 Å². The van der Waals surface area contributed by atoms with Gasteiger partial charge in [-0.3, -0.25) is 0 Å². The van der Waals surface area contributed by atoms with Crippen LogP contribution < -0.4 is 0 Å². The fourth-order valence-electron chi connectivity index (χ4n) is 10.1. The Morgan fingerprint density at radius 1 is 0.300 bits per heavy atom. The van der Waals surface area contributed by atoms with Gasteiger partial charge in [0.15, 0.2) is 17.5 Å². The van der Waals surface area contributed by atoms with Crippen LogP contribution in [0.1, 0.15) is 0 Å². The van der Waals surface area contributed by atoms with Gasteiger partial charge in [0.2, 0.25) is 0 Å². The Bertz CT molecular complexity index is 4050. The molecule has 0 amide bonds. The summed E-state index contributed by atoms with van der Waals surface area (Å²) in [6.45, 7) is 0. The van der Waals surface area contributed by atoms with Crippen molar-refractivity contribution in [2.75, 3.05) is 0 Å². The molecule has 14 aromatic rings. The lowest BCUT2D eigenvalue weighted by Gasteiger charge is -2.12. The Morgan fingerprint density at radius 3 is 1.55 bits per heavy atom. The molecule has 0 unspecified atom stereocenters. The van der Waals surface area contributed by atoms with Crippen LogP contribution in [0.2, 0.25) is 0 Å². The number of para-hydroxylation sites is 1. The van der Waals surface area contributed by atoms with Gasteiger partial charge in [-0.2, -0.15) is 0 Å². The number of aromatic nitrogens is 4. The number of hydrogen-bond acceptors (Lipinski definition) is 4. The van der Waals surface area contributed by atoms with Crippen molar-refractivity contribution >= 4 is 97.6 Å². The van der Waals surface area contributed by atoms with Crippen LogP contribution in [0.15, 0.2) is 186 Å². The molecule has 0 fully saturated rings. The van der Waals surface area contributed by atoms with Crippen molar-refractivity contribution in [1.82, 2.24) is 19.5 Å². The van der Waals surface area contributed by atoms with Crippen LogP contribution in [0.5, 0.6) is 0 Å². The molecule has 0 N–H and O–H groups in total. The maximum atomic E-state index is 6.15. The molecule has 0 saturated heterocycles. The molecule has 0 spiro atoms. The van der Waals surface area contributed by atoms with E-state index in [1.807, 2.05) is 60.7 Å². The fraction of sp³-hybridized carbons (Fsp3) is 0. The topological polar surface area (TPSA) is 56.7 Å². The number of furan rings is 1. The Kier molecular flexibility index (Phi) is 6.23. The van der Waals surface area contributed by atoms with E-state index in [2.05, 4.69) is 126 Å². The second-order valence-electron chi connectivity index (χ2n) is 15.9. The van der Waals surface area contributed by atoms with Crippen LogP contribution in [-0.2, 0) is 0 Å². The first kappa shape index (κ1) is 31.9. The summed E-state index contributed by atoms with van der Waals surface area (Å²) in [5.41, 5.74) is 7.91. The third-order valence-corrected chi connectivity index (χ3v) is 12.7. The monoisotopic (exact) mass is 762 g/mol. The average Bonchev–Trinajstić information content (AvgIpc) is 3.94. The summed E-state index contributed by atoms with van der Waals surface area (Å²) < 4.78 is 8.61. The maximum Gasteiger partial charge on any atom is 0.164 e. The molecule has 0 atom stereocenters. The van der Waals surface area contributed by atoms with Crippen LogP contribution in [-0.4, -0.2) is 19.5 Å². The van der Waals surface area contributed by atoms with Gasteiger partial charge in [-0.25, -0.2) is 15.0 Å². The van der Waals surface area contributed by atoms with Crippen molar-refractivity contribution < 1.29 is 4.42 Å². The van der Waals surface area contributed by atoms with Crippen LogP contribution in [0.4, 0.5) is 0 Å². The highest BCUT2D eigenvalue weighted by molar-refractivity contribution is 6.44. The first-order valence-electron chi connectivity index (χ1n) is 20.4. The van der Waals surface area contributed by atoms with E-state index in [-0.39, 0.29) is 0 Å². The van der Waals surface area contributed by atoms with Gasteiger partial charge in [0.1, 0.15) is 11.2 Å². The van der Waals surface area contributed by atoms with Crippen molar-refractivity contribution in [2.45, 2.75) is 0 Å². The lowest BCUT2D eigenvalue weighted by molar-refractivity contribution is 0.669. The second kappa shape index (κ2) is 11.7. The summed E-state index contributed by atoms with van der Waals surface area (Å²) >= 11 is 0. The largest absolute Gasteiger partial charge is 0.456 e. The van der Waals surface area contributed by atoms with Crippen molar-refractivity contribution in [2.24, 2.45) is 0 Å². The summed E-state index contributed by atoms with van der Waals surface area (Å²) in [6.07, 6.45) is 0. The summed E-state index contributed by atoms with van der Waals surface area (Å²) in [7, 11) is 0. The van der Waals surface area contributed by atoms with E-state index >= 15 is 0 Å². The van der Waals surface area contributed by atoms with E-state index in [0.717, 1.165) is 44.3 Å². The molecule has 3 heterocycles. The van der Waals surface area contributed by atoms with Gasteiger partial charge in [-0.1, -0.05) is 121 Å². The molecule has 0 bridgehead atoms. The third kappa shape index (κ3) is 4.27. The van der Waals surface area contributed by atoms with E-state index in [1.165, 1.54) is 75.7 Å². The quantitative estimate of drug-likeness (QED) is 0.179. The lowest BCUT2D eigenvalue weighted by atomic mass is 9.97. The second-order valence-corrected chi connectivity index (χ2v) is 15.9. The first-order valence-corrected chi connectivity index (χ1v) is 20.4. The molecule has 60 heavy (non-hydrogen) atoms. The highest BCUT2D eigenvalue weighted by Gasteiger charge is 2.24. The third-order valence-electron chi connectivity index (χ3n) is 12.7. The standard InChI is InChI=1S/C55H30N4O/c1-2-11-31(12-3-1)53-56-54(58-55(57-53)33-23-28-48-43(29-33)39-17-8-9-20-47(39)60-48)32-21-24-34(25-22-32)59-45-19-10-18-40-35-13-4-5-14-36(35)42-27-26-41-37-15-6-7-16-38(37)44-30-46(59)52(50(40)45)51(42)49(41)44/h1-30H. The molecule has 0 radical (unpaired) electrons. The summed E-state index contributed by atoms with van der Waals surface area (Å²) in [5, 5.41) is 17.7.